The standard InChI is InChI=1S/C18H15BrFN3O2/c19-15-5-4-14(25-15)18(24)21-12-9-11-3-6-16(23-7-1-2-8-23)22-17(11)13(20)10-12/h3-6,9-10H,1-2,7-8H2,(H,21,24). The molecule has 0 bridgehead atoms. The van der Waals surface area contributed by atoms with E-state index in [4.69, 9.17) is 4.42 Å². The van der Waals surface area contributed by atoms with Gasteiger partial charge in [0, 0.05) is 24.2 Å². The van der Waals surface area contributed by atoms with Gasteiger partial charge in [-0.25, -0.2) is 9.37 Å². The number of halogens is 2. The molecule has 0 saturated carbocycles. The van der Waals surface area contributed by atoms with Gasteiger partial charge < -0.3 is 14.6 Å². The quantitative estimate of drug-likeness (QED) is 0.694. The first kappa shape index (κ1) is 16.1. The normalized spacial score (nSPS) is 14.2. The molecule has 1 amide bonds. The molecule has 0 aliphatic carbocycles. The van der Waals surface area contributed by atoms with Gasteiger partial charge in [0.05, 0.1) is 0 Å². The Bertz CT molecular complexity index is 951. The lowest BCUT2D eigenvalue weighted by atomic mass is 10.2. The molecule has 3 heterocycles. The van der Waals surface area contributed by atoms with Crippen LogP contribution < -0.4 is 10.2 Å². The number of nitrogens with one attached hydrogen (secondary N) is 1. The minimum Gasteiger partial charge on any atom is -0.444 e. The van der Waals surface area contributed by atoms with Crippen LogP contribution in [0.4, 0.5) is 15.9 Å². The second kappa shape index (κ2) is 6.48. The van der Waals surface area contributed by atoms with Crippen molar-refractivity contribution in [1.82, 2.24) is 4.98 Å². The molecule has 3 aromatic rings. The molecule has 4 rings (SSSR count). The molecule has 1 aliphatic heterocycles. The largest absolute Gasteiger partial charge is 0.444 e. The third kappa shape index (κ3) is 3.24. The summed E-state index contributed by atoms with van der Waals surface area (Å²) >= 11 is 3.15. The van der Waals surface area contributed by atoms with Crippen LogP contribution in [0.15, 0.2) is 45.5 Å². The molecule has 0 spiro atoms. The minimum atomic E-state index is -0.463. The highest BCUT2D eigenvalue weighted by Gasteiger charge is 2.16. The molecule has 7 heteroatoms. The predicted octanol–water partition coefficient (Wildman–Crippen LogP) is 4.58. The number of fused-ring (bicyclic) bond motifs is 1. The Balaban J connectivity index is 1.63. The third-order valence-corrected chi connectivity index (χ3v) is 4.64. The van der Waals surface area contributed by atoms with Crippen LogP contribution in [-0.2, 0) is 0 Å². The zero-order valence-electron chi connectivity index (χ0n) is 13.3. The minimum absolute atomic E-state index is 0.148. The van der Waals surface area contributed by atoms with Crippen LogP contribution in [0.1, 0.15) is 23.4 Å². The molecule has 0 atom stereocenters. The van der Waals surface area contributed by atoms with Crippen molar-refractivity contribution in [2.75, 3.05) is 23.3 Å². The fourth-order valence-corrected chi connectivity index (χ4v) is 3.31. The SMILES string of the molecule is O=C(Nc1cc(F)c2nc(N3CCCC3)ccc2c1)c1ccc(Br)o1. The maximum atomic E-state index is 14.5. The molecular formula is C18H15BrFN3O2. The first-order valence-electron chi connectivity index (χ1n) is 8.02. The van der Waals surface area contributed by atoms with E-state index in [9.17, 15) is 9.18 Å². The number of nitrogens with zero attached hydrogens (tertiary/aromatic N) is 2. The van der Waals surface area contributed by atoms with Gasteiger partial charge in [-0.3, -0.25) is 4.79 Å². The fourth-order valence-electron chi connectivity index (χ4n) is 3.01. The first-order chi connectivity index (χ1) is 12.1. The van der Waals surface area contributed by atoms with Crippen molar-refractivity contribution in [1.29, 1.82) is 0 Å². The zero-order valence-corrected chi connectivity index (χ0v) is 14.8. The van der Waals surface area contributed by atoms with E-state index < -0.39 is 11.7 Å². The van der Waals surface area contributed by atoms with Gasteiger partial charge in [0.2, 0.25) is 0 Å². The second-order valence-electron chi connectivity index (χ2n) is 5.95. The van der Waals surface area contributed by atoms with Gasteiger partial charge >= 0.3 is 0 Å². The highest BCUT2D eigenvalue weighted by molar-refractivity contribution is 9.10. The average molecular weight is 404 g/mol. The van der Waals surface area contributed by atoms with Crippen molar-refractivity contribution >= 4 is 44.2 Å². The van der Waals surface area contributed by atoms with Crippen LogP contribution >= 0.6 is 15.9 Å². The molecule has 128 valence electrons. The molecule has 1 N–H and O–H groups in total. The van der Waals surface area contributed by atoms with Gasteiger partial charge in [-0.1, -0.05) is 0 Å². The van der Waals surface area contributed by atoms with Crippen molar-refractivity contribution in [3.05, 3.63) is 52.6 Å². The monoisotopic (exact) mass is 403 g/mol. The summed E-state index contributed by atoms with van der Waals surface area (Å²) in [6, 6.07) is 9.87. The number of rotatable bonds is 3. The number of carbonyl (C=O) groups excluding carboxylic acids is 1. The molecule has 5 nitrogen and oxygen atoms in total. The lowest BCUT2D eigenvalue weighted by molar-refractivity contribution is 0.0995. The Kier molecular flexibility index (Phi) is 4.17. The summed E-state index contributed by atoms with van der Waals surface area (Å²) in [7, 11) is 0. The predicted molar refractivity (Wildman–Crippen MR) is 97.5 cm³/mol. The number of pyridine rings is 1. The van der Waals surface area contributed by atoms with E-state index in [-0.39, 0.29) is 5.76 Å². The van der Waals surface area contributed by atoms with Crippen LogP contribution in [0.2, 0.25) is 0 Å². The summed E-state index contributed by atoms with van der Waals surface area (Å²) in [5.74, 6) is 0.0385. The van der Waals surface area contributed by atoms with Gasteiger partial charge in [0.15, 0.2) is 16.2 Å². The van der Waals surface area contributed by atoms with Gasteiger partial charge in [-0.2, -0.15) is 0 Å². The fraction of sp³-hybridized carbons (Fsp3) is 0.222. The molecule has 1 aliphatic rings. The van der Waals surface area contributed by atoms with E-state index >= 15 is 0 Å². The van der Waals surface area contributed by atoms with Gasteiger partial charge in [-0.15, -0.1) is 0 Å². The highest BCUT2D eigenvalue weighted by Crippen LogP contribution is 2.26. The van der Waals surface area contributed by atoms with E-state index in [0.717, 1.165) is 31.7 Å². The molecule has 0 unspecified atom stereocenters. The summed E-state index contributed by atoms with van der Waals surface area (Å²) in [4.78, 5) is 18.7. The van der Waals surface area contributed by atoms with E-state index in [0.29, 0.717) is 21.3 Å². The van der Waals surface area contributed by atoms with E-state index in [2.05, 4.69) is 31.1 Å². The van der Waals surface area contributed by atoms with Gasteiger partial charge in [-0.05, 0) is 65.2 Å². The van der Waals surface area contributed by atoms with E-state index in [1.807, 2.05) is 12.1 Å². The summed E-state index contributed by atoms with van der Waals surface area (Å²) in [6.45, 7) is 1.90. The molecule has 25 heavy (non-hydrogen) atoms. The van der Waals surface area contributed by atoms with Crippen molar-refractivity contribution < 1.29 is 13.6 Å². The zero-order chi connectivity index (χ0) is 17.4. The van der Waals surface area contributed by atoms with Gasteiger partial charge in [0.1, 0.15) is 11.3 Å². The van der Waals surface area contributed by atoms with Crippen molar-refractivity contribution in [3.63, 3.8) is 0 Å². The van der Waals surface area contributed by atoms with Crippen LogP contribution in [-0.4, -0.2) is 24.0 Å². The number of amides is 1. The molecule has 1 aromatic carbocycles. The Morgan fingerprint density at radius 2 is 2.00 bits per heavy atom. The van der Waals surface area contributed by atoms with Crippen LogP contribution in [0.3, 0.4) is 0 Å². The summed E-state index contributed by atoms with van der Waals surface area (Å²) in [6.07, 6.45) is 2.27. The Hall–Kier alpha value is -2.41. The third-order valence-electron chi connectivity index (χ3n) is 4.22. The number of hydrogen-bond acceptors (Lipinski definition) is 4. The van der Waals surface area contributed by atoms with Crippen LogP contribution in [0.5, 0.6) is 0 Å². The molecule has 1 fully saturated rings. The number of aromatic nitrogens is 1. The summed E-state index contributed by atoms with van der Waals surface area (Å²) in [5.41, 5.74) is 0.668. The number of anilines is 2. The molecule has 0 radical (unpaired) electrons. The molecule has 1 saturated heterocycles. The van der Waals surface area contributed by atoms with Crippen molar-refractivity contribution in [3.8, 4) is 0 Å². The van der Waals surface area contributed by atoms with E-state index in [1.165, 1.54) is 6.07 Å². The maximum Gasteiger partial charge on any atom is 0.291 e. The van der Waals surface area contributed by atoms with Crippen molar-refractivity contribution in [2.24, 2.45) is 0 Å². The van der Waals surface area contributed by atoms with Crippen molar-refractivity contribution in [2.45, 2.75) is 12.8 Å². The lowest BCUT2D eigenvalue weighted by Crippen LogP contribution is -2.18. The number of furan rings is 1. The lowest BCUT2D eigenvalue weighted by Gasteiger charge is -2.17. The topological polar surface area (TPSA) is 58.4 Å². The highest BCUT2D eigenvalue weighted by atomic mass is 79.9. The van der Waals surface area contributed by atoms with Gasteiger partial charge in [0.25, 0.3) is 5.91 Å². The number of carbonyl (C=O) groups is 1. The Morgan fingerprint density at radius 1 is 1.20 bits per heavy atom. The van der Waals surface area contributed by atoms with Crippen LogP contribution in [0, 0.1) is 5.82 Å². The number of benzene rings is 1. The molecule has 2 aromatic heterocycles. The Labute approximate surface area is 152 Å². The summed E-state index contributed by atoms with van der Waals surface area (Å²) < 4.78 is 20.2. The van der Waals surface area contributed by atoms with Crippen LogP contribution in [0.25, 0.3) is 10.9 Å². The molecular weight excluding hydrogens is 389 g/mol. The number of hydrogen-bond donors (Lipinski definition) is 1. The summed E-state index contributed by atoms with van der Waals surface area (Å²) in [5, 5.41) is 3.28. The maximum absolute atomic E-state index is 14.5. The smallest absolute Gasteiger partial charge is 0.291 e. The Morgan fingerprint density at radius 3 is 2.72 bits per heavy atom. The second-order valence-corrected chi connectivity index (χ2v) is 6.73. The first-order valence-corrected chi connectivity index (χ1v) is 8.81. The average Bonchev–Trinajstić information content (AvgIpc) is 3.26. The van der Waals surface area contributed by atoms with E-state index in [1.54, 1.807) is 18.2 Å².